The zero-order chi connectivity index (χ0) is 22.7. The number of carbonyl (C=O) groups excluding carboxylic acids is 2. The van der Waals surface area contributed by atoms with Gasteiger partial charge in [0.05, 0.1) is 10.9 Å². The van der Waals surface area contributed by atoms with Gasteiger partial charge in [-0.15, -0.1) is 0 Å². The van der Waals surface area contributed by atoms with Crippen LogP contribution in [-0.4, -0.2) is 38.9 Å². The van der Waals surface area contributed by atoms with E-state index in [2.05, 4.69) is 5.32 Å². The molecule has 0 saturated carbocycles. The maximum atomic E-state index is 13.0. The van der Waals surface area contributed by atoms with Gasteiger partial charge in [-0.1, -0.05) is 30.3 Å². The maximum absolute atomic E-state index is 13.0. The van der Waals surface area contributed by atoms with Crippen LogP contribution >= 0.6 is 0 Å². The van der Waals surface area contributed by atoms with Crippen LogP contribution in [-0.2, 0) is 22.7 Å². The van der Waals surface area contributed by atoms with Gasteiger partial charge in [0, 0.05) is 31.2 Å². The third-order valence-corrected chi connectivity index (χ3v) is 6.00. The Hall–Kier alpha value is -3.68. The molecule has 1 fully saturated rings. The Kier molecular flexibility index (Phi) is 6.20. The van der Waals surface area contributed by atoms with E-state index in [0.717, 1.165) is 10.3 Å². The molecule has 0 spiro atoms. The van der Waals surface area contributed by atoms with Crippen LogP contribution in [0.25, 0.3) is 10.9 Å². The molecule has 0 atom stereocenters. The zero-order valence-corrected chi connectivity index (χ0v) is 18.0. The minimum atomic E-state index is -0.485. The fourth-order valence-electron chi connectivity index (χ4n) is 4.19. The first-order chi connectivity index (χ1) is 15.5. The molecule has 32 heavy (non-hydrogen) atoms. The molecule has 1 aliphatic heterocycles. The van der Waals surface area contributed by atoms with Gasteiger partial charge in [-0.05, 0) is 44.0 Å². The lowest BCUT2D eigenvalue weighted by molar-refractivity contribution is -0.135. The number of hydrogen-bond donors (Lipinski definition) is 1. The molecule has 1 N–H and O–H groups in total. The van der Waals surface area contributed by atoms with Crippen molar-refractivity contribution in [3.05, 3.63) is 75.4 Å². The van der Waals surface area contributed by atoms with Crippen molar-refractivity contribution < 1.29 is 9.59 Å². The third kappa shape index (κ3) is 4.21. The predicted octanol–water partition coefficient (Wildman–Crippen LogP) is 2.06. The van der Waals surface area contributed by atoms with Gasteiger partial charge in [0.2, 0.25) is 11.8 Å². The second kappa shape index (κ2) is 9.21. The highest BCUT2D eigenvalue weighted by molar-refractivity contribution is 5.92. The molecule has 1 saturated heterocycles. The summed E-state index contributed by atoms with van der Waals surface area (Å²) in [6.45, 7) is 2.73. The van der Waals surface area contributed by atoms with E-state index in [0.29, 0.717) is 36.8 Å². The minimum absolute atomic E-state index is 0.0412. The Bertz CT molecular complexity index is 1250. The Morgan fingerprint density at radius 1 is 0.938 bits per heavy atom. The van der Waals surface area contributed by atoms with Crippen LogP contribution in [0.1, 0.15) is 19.8 Å². The van der Waals surface area contributed by atoms with Crippen molar-refractivity contribution in [2.75, 3.05) is 18.4 Å². The summed E-state index contributed by atoms with van der Waals surface area (Å²) in [5.74, 6) is -0.397. The Morgan fingerprint density at radius 3 is 2.28 bits per heavy atom. The Labute approximate surface area is 185 Å². The summed E-state index contributed by atoms with van der Waals surface area (Å²) in [5.41, 5.74) is 0.384. The van der Waals surface area contributed by atoms with Gasteiger partial charge < -0.3 is 10.2 Å². The van der Waals surface area contributed by atoms with Crippen molar-refractivity contribution in [2.45, 2.75) is 32.9 Å². The Balaban J connectivity index is 1.46. The standard InChI is InChI=1S/C24H26N4O4/c1-2-27-23(31)19-10-6-7-11-20(19)28(24(27)32)16-21(29)26-14-12-17(13-15-26)22(30)25-18-8-4-3-5-9-18/h3-11,17H,2,12-16H2,1H3,(H,25,30). The number of likely N-dealkylation sites (tertiary alicyclic amines) is 1. The average molecular weight is 434 g/mol. The van der Waals surface area contributed by atoms with Gasteiger partial charge in [0.1, 0.15) is 6.54 Å². The summed E-state index contributed by atoms with van der Waals surface area (Å²) < 4.78 is 2.52. The van der Waals surface area contributed by atoms with E-state index in [1.165, 1.54) is 4.57 Å². The minimum Gasteiger partial charge on any atom is -0.341 e. The quantitative estimate of drug-likeness (QED) is 0.665. The van der Waals surface area contributed by atoms with Crippen molar-refractivity contribution in [1.29, 1.82) is 0 Å². The van der Waals surface area contributed by atoms with E-state index in [4.69, 9.17) is 0 Å². The molecule has 2 aromatic carbocycles. The number of nitrogens with one attached hydrogen (secondary N) is 1. The monoisotopic (exact) mass is 434 g/mol. The van der Waals surface area contributed by atoms with E-state index >= 15 is 0 Å². The summed E-state index contributed by atoms with van der Waals surface area (Å²) in [6, 6.07) is 16.1. The fourth-order valence-corrected chi connectivity index (χ4v) is 4.19. The maximum Gasteiger partial charge on any atom is 0.331 e. The Morgan fingerprint density at radius 2 is 1.59 bits per heavy atom. The van der Waals surface area contributed by atoms with Gasteiger partial charge in [0.25, 0.3) is 5.56 Å². The first-order valence-electron chi connectivity index (χ1n) is 10.9. The van der Waals surface area contributed by atoms with Gasteiger partial charge >= 0.3 is 5.69 Å². The number of aromatic nitrogens is 2. The molecule has 3 aromatic rings. The summed E-state index contributed by atoms with van der Waals surface area (Å²) in [7, 11) is 0. The number of hydrogen-bond acceptors (Lipinski definition) is 4. The fraction of sp³-hybridized carbons (Fsp3) is 0.333. The summed E-state index contributed by atoms with van der Waals surface area (Å²) in [6.07, 6.45) is 1.13. The van der Waals surface area contributed by atoms with E-state index in [1.807, 2.05) is 30.3 Å². The topological polar surface area (TPSA) is 93.4 Å². The number of benzene rings is 2. The number of para-hydroxylation sites is 2. The second-order valence-corrected chi connectivity index (χ2v) is 7.95. The van der Waals surface area contributed by atoms with E-state index in [9.17, 15) is 19.2 Å². The highest BCUT2D eigenvalue weighted by atomic mass is 16.2. The largest absolute Gasteiger partial charge is 0.341 e. The summed E-state index contributed by atoms with van der Waals surface area (Å²) >= 11 is 0. The van der Waals surface area contributed by atoms with Crippen molar-refractivity contribution in [3.8, 4) is 0 Å². The highest BCUT2D eigenvalue weighted by Gasteiger charge is 2.28. The number of anilines is 1. The van der Waals surface area contributed by atoms with Crippen LogP contribution in [0.15, 0.2) is 64.2 Å². The molecule has 0 aliphatic carbocycles. The van der Waals surface area contributed by atoms with Crippen LogP contribution in [0, 0.1) is 5.92 Å². The number of nitrogens with zero attached hydrogens (tertiary/aromatic N) is 3. The molecule has 0 radical (unpaired) electrons. The van der Waals surface area contributed by atoms with Crippen LogP contribution < -0.4 is 16.6 Å². The van der Waals surface area contributed by atoms with Gasteiger partial charge in [0.15, 0.2) is 0 Å². The number of carbonyl (C=O) groups is 2. The van der Waals surface area contributed by atoms with E-state index < -0.39 is 5.69 Å². The summed E-state index contributed by atoms with van der Waals surface area (Å²) in [4.78, 5) is 52.7. The number of piperidine rings is 1. The molecule has 8 nitrogen and oxygen atoms in total. The van der Waals surface area contributed by atoms with E-state index in [-0.39, 0.29) is 36.4 Å². The molecule has 8 heteroatoms. The lowest BCUT2D eigenvalue weighted by Gasteiger charge is -2.31. The number of amides is 2. The molecule has 0 unspecified atom stereocenters. The van der Waals surface area contributed by atoms with E-state index in [1.54, 1.807) is 36.1 Å². The molecular weight excluding hydrogens is 408 g/mol. The molecule has 2 amide bonds. The molecule has 2 heterocycles. The molecule has 166 valence electrons. The lowest BCUT2D eigenvalue weighted by atomic mass is 9.95. The van der Waals surface area contributed by atoms with Crippen molar-refractivity contribution in [1.82, 2.24) is 14.0 Å². The van der Waals surface area contributed by atoms with Gasteiger partial charge in [-0.3, -0.25) is 23.5 Å². The van der Waals surface area contributed by atoms with Crippen molar-refractivity contribution >= 4 is 28.4 Å². The van der Waals surface area contributed by atoms with Gasteiger partial charge in [-0.2, -0.15) is 0 Å². The molecule has 1 aliphatic rings. The predicted molar refractivity (Wildman–Crippen MR) is 123 cm³/mol. The lowest BCUT2D eigenvalue weighted by Crippen LogP contribution is -2.46. The normalized spacial score (nSPS) is 14.5. The SMILES string of the molecule is CCn1c(=O)c2ccccc2n(CC(=O)N2CCC(C(=O)Nc3ccccc3)CC2)c1=O. The molecule has 0 bridgehead atoms. The first-order valence-corrected chi connectivity index (χ1v) is 10.9. The second-order valence-electron chi connectivity index (χ2n) is 7.95. The van der Waals surface area contributed by atoms with Crippen LogP contribution in [0.4, 0.5) is 5.69 Å². The molecule has 1 aromatic heterocycles. The highest BCUT2D eigenvalue weighted by Crippen LogP contribution is 2.20. The number of rotatable bonds is 5. The van der Waals surface area contributed by atoms with Gasteiger partial charge in [-0.25, -0.2) is 4.79 Å². The van der Waals surface area contributed by atoms with Crippen molar-refractivity contribution in [2.24, 2.45) is 5.92 Å². The van der Waals surface area contributed by atoms with Crippen LogP contribution in [0.2, 0.25) is 0 Å². The smallest absolute Gasteiger partial charge is 0.331 e. The summed E-state index contributed by atoms with van der Waals surface area (Å²) in [5, 5.41) is 3.34. The average Bonchev–Trinajstić information content (AvgIpc) is 2.82. The molecule has 4 rings (SSSR count). The van der Waals surface area contributed by atoms with Crippen LogP contribution in [0.5, 0.6) is 0 Å². The third-order valence-electron chi connectivity index (χ3n) is 6.00. The number of fused-ring (bicyclic) bond motifs is 1. The molecular formula is C24H26N4O4. The van der Waals surface area contributed by atoms with Crippen LogP contribution in [0.3, 0.4) is 0 Å². The first kappa shape index (κ1) is 21.5. The van der Waals surface area contributed by atoms with Crippen molar-refractivity contribution in [3.63, 3.8) is 0 Å². The zero-order valence-electron chi connectivity index (χ0n) is 18.0.